The second kappa shape index (κ2) is 7.08. The normalized spacial score (nSPS) is 15.2. The largest absolute Gasteiger partial charge is 0.361 e. The summed E-state index contributed by atoms with van der Waals surface area (Å²) in [5.74, 6) is 0.939. The highest BCUT2D eigenvalue weighted by molar-refractivity contribution is 6.13. The highest BCUT2D eigenvalue weighted by Crippen LogP contribution is 2.35. The number of H-pyrrole nitrogens is 1. The highest BCUT2D eigenvalue weighted by Gasteiger charge is 2.25. The Kier molecular flexibility index (Phi) is 4.64. The van der Waals surface area contributed by atoms with Gasteiger partial charge in [-0.2, -0.15) is 0 Å². The number of carbonyl (C=O) groups is 1. The summed E-state index contributed by atoms with van der Waals surface area (Å²) < 4.78 is 5.42. The lowest BCUT2D eigenvalue weighted by molar-refractivity contribution is 0.0971. The van der Waals surface area contributed by atoms with Gasteiger partial charge in [0, 0.05) is 23.9 Å². The monoisotopic (exact) mass is 351 g/mol. The Morgan fingerprint density at radius 2 is 2.04 bits per heavy atom. The van der Waals surface area contributed by atoms with Gasteiger partial charge in [-0.1, -0.05) is 30.3 Å². The Labute approximate surface area is 153 Å². The Balaban J connectivity index is 1.76. The van der Waals surface area contributed by atoms with Crippen molar-refractivity contribution in [1.29, 1.82) is 0 Å². The molecule has 0 aliphatic carbocycles. The van der Waals surface area contributed by atoms with E-state index in [9.17, 15) is 4.79 Å². The van der Waals surface area contributed by atoms with Crippen LogP contribution in [-0.2, 0) is 6.42 Å². The van der Waals surface area contributed by atoms with Crippen LogP contribution in [0.25, 0.3) is 22.2 Å². The van der Waals surface area contributed by atoms with Crippen molar-refractivity contribution in [2.24, 2.45) is 0 Å². The third-order valence-electron chi connectivity index (χ3n) is 5.36. The van der Waals surface area contributed by atoms with Crippen LogP contribution in [0.3, 0.4) is 0 Å². The Morgan fingerprint density at radius 1 is 1.27 bits per heavy atom. The third-order valence-corrected chi connectivity index (χ3v) is 5.36. The molecular formula is C21H25N3O2. The highest BCUT2D eigenvalue weighted by atomic mass is 16.5. The van der Waals surface area contributed by atoms with E-state index in [1.807, 2.05) is 31.2 Å². The zero-order valence-corrected chi connectivity index (χ0v) is 15.5. The van der Waals surface area contributed by atoms with E-state index in [1.165, 1.54) is 12.8 Å². The second-order valence-corrected chi connectivity index (χ2v) is 7.06. The van der Waals surface area contributed by atoms with Crippen molar-refractivity contribution >= 4 is 16.7 Å². The molecule has 0 bridgehead atoms. The number of benzene rings is 1. The van der Waals surface area contributed by atoms with Crippen LogP contribution in [0.2, 0.25) is 0 Å². The maximum Gasteiger partial charge on any atom is 0.166 e. The summed E-state index contributed by atoms with van der Waals surface area (Å²) in [6.45, 7) is 7.02. The van der Waals surface area contributed by atoms with Crippen LogP contribution in [0, 0.1) is 6.92 Å². The average molecular weight is 351 g/mol. The van der Waals surface area contributed by atoms with Gasteiger partial charge in [0.1, 0.15) is 5.76 Å². The number of aromatic nitrogens is 2. The van der Waals surface area contributed by atoms with Crippen molar-refractivity contribution in [3.05, 3.63) is 41.3 Å². The topological polar surface area (TPSA) is 62.1 Å². The maximum absolute atomic E-state index is 13.2. The van der Waals surface area contributed by atoms with Gasteiger partial charge in [0.05, 0.1) is 22.5 Å². The lowest BCUT2D eigenvalue weighted by Crippen LogP contribution is -2.22. The van der Waals surface area contributed by atoms with E-state index in [0.29, 0.717) is 6.42 Å². The molecule has 1 fully saturated rings. The Bertz CT molecular complexity index is 932. The molecule has 1 saturated heterocycles. The first-order valence-corrected chi connectivity index (χ1v) is 9.50. The van der Waals surface area contributed by atoms with E-state index >= 15 is 0 Å². The van der Waals surface area contributed by atoms with Crippen LogP contribution in [0.1, 0.15) is 48.0 Å². The zero-order chi connectivity index (χ0) is 18.1. The van der Waals surface area contributed by atoms with Crippen LogP contribution in [0.4, 0.5) is 0 Å². The molecule has 5 nitrogen and oxygen atoms in total. The molecule has 0 spiro atoms. The van der Waals surface area contributed by atoms with E-state index in [4.69, 9.17) is 4.52 Å². The fourth-order valence-electron chi connectivity index (χ4n) is 3.99. The van der Waals surface area contributed by atoms with Crippen LogP contribution in [-0.4, -0.2) is 40.5 Å². The smallest absolute Gasteiger partial charge is 0.166 e. The number of likely N-dealkylation sites (tertiary alicyclic amines) is 1. The molecule has 1 aromatic carbocycles. The molecule has 0 unspecified atom stereocenters. The van der Waals surface area contributed by atoms with E-state index in [1.54, 1.807) is 0 Å². The van der Waals surface area contributed by atoms with Gasteiger partial charge < -0.3 is 14.4 Å². The molecular weight excluding hydrogens is 326 g/mol. The first kappa shape index (κ1) is 17.0. The van der Waals surface area contributed by atoms with Crippen molar-refractivity contribution in [2.45, 2.75) is 39.5 Å². The second-order valence-electron chi connectivity index (χ2n) is 7.06. The number of para-hydroxylation sites is 1. The molecule has 2 aromatic heterocycles. The SMILES string of the molecule is CCc1noc(C)c1-c1[nH]c2ccccc2c1C(=O)CCN1CCCC1. The molecule has 1 N–H and O–H groups in total. The molecule has 1 aliphatic heterocycles. The number of aromatic amines is 1. The van der Waals surface area contributed by atoms with Gasteiger partial charge in [0.2, 0.25) is 0 Å². The number of fused-ring (bicyclic) bond motifs is 1. The van der Waals surface area contributed by atoms with Crippen molar-refractivity contribution in [1.82, 2.24) is 15.0 Å². The van der Waals surface area contributed by atoms with Crippen molar-refractivity contribution in [2.75, 3.05) is 19.6 Å². The summed E-state index contributed by atoms with van der Waals surface area (Å²) in [5.41, 5.74) is 4.44. The standard InChI is InChI=1S/C21H25N3O2/c1-3-16-19(14(2)26-23-16)21-20(15-8-4-5-9-17(15)22-21)18(25)10-13-24-11-6-7-12-24/h4-5,8-9,22H,3,6-7,10-13H2,1-2H3. The average Bonchev–Trinajstić information content (AvgIpc) is 3.37. The van der Waals surface area contributed by atoms with E-state index in [2.05, 4.69) is 22.0 Å². The molecule has 26 heavy (non-hydrogen) atoms. The molecule has 0 atom stereocenters. The van der Waals surface area contributed by atoms with Crippen LogP contribution >= 0.6 is 0 Å². The summed E-state index contributed by atoms with van der Waals surface area (Å²) in [6, 6.07) is 8.01. The quantitative estimate of drug-likeness (QED) is 0.670. The molecule has 5 heteroatoms. The number of ketones is 1. The number of hydrogen-bond donors (Lipinski definition) is 1. The number of carbonyl (C=O) groups excluding carboxylic acids is 1. The minimum absolute atomic E-state index is 0.187. The van der Waals surface area contributed by atoms with Crippen LogP contribution < -0.4 is 0 Å². The minimum atomic E-state index is 0.187. The zero-order valence-electron chi connectivity index (χ0n) is 15.5. The summed E-state index contributed by atoms with van der Waals surface area (Å²) in [4.78, 5) is 19.0. The van der Waals surface area contributed by atoms with Gasteiger partial charge in [0.25, 0.3) is 0 Å². The number of aryl methyl sites for hydroxylation is 2. The molecule has 1 aliphatic rings. The maximum atomic E-state index is 13.2. The summed E-state index contributed by atoms with van der Waals surface area (Å²) in [6.07, 6.45) is 3.79. The van der Waals surface area contributed by atoms with Crippen molar-refractivity contribution < 1.29 is 9.32 Å². The number of hydrogen-bond acceptors (Lipinski definition) is 4. The number of nitrogens with zero attached hydrogens (tertiary/aromatic N) is 2. The minimum Gasteiger partial charge on any atom is -0.361 e. The van der Waals surface area contributed by atoms with Crippen LogP contribution in [0.5, 0.6) is 0 Å². The van der Waals surface area contributed by atoms with Gasteiger partial charge in [-0.3, -0.25) is 4.79 Å². The number of nitrogens with one attached hydrogen (secondary N) is 1. The first-order chi connectivity index (χ1) is 12.7. The van der Waals surface area contributed by atoms with E-state index < -0.39 is 0 Å². The molecule has 136 valence electrons. The lowest BCUT2D eigenvalue weighted by Gasteiger charge is -2.13. The van der Waals surface area contributed by atoms with E-state index in [0.717, 1.165) is 65.2 Å². The van der Waals surface area contributed by atoms with Gasteiger partial charge >= 0.3 is 0 Å². The molecule has 0 saturated carbocycles. The fraction of sp³-hybridized carbons (Fsp3) is 0.429. The summed E-state index contributed by atoms with van der Waals surface area (Å²) >= 11 is 0. The van der Waals surface area contributed by atoms with E-state index in [-0.39, 0.29) is 5.78 Å². The van der Waals surface area contributed by atoms with Gasteiger partial charge in [-0.05, 0) is 45.3 Å². The molecule has 3 heterocycles. The summed E-state index contributed by atoms with van der Waals surface area (Å²) in [5, 5.41) is 5.16. The summed E-state index contributed by atoms with van der Waals surface area (Å²) in [7, 11) is 0. The van der Waals surface area contributed by atoms with Gasteiger partial charge in [0.15, 0.2) is 5.78 Å². The molecule has 4 rings (SSSR count). The van der Waals surface area contributed by atoms with Crippen molar-refractivity contribution in [3.8, 4) is 11.3 Å². The molecule has 3 aromatic rings. The van der Waals surface area contributed by atoms with Crippen LogP contribution in [0.15, 0.2) is 28.8 Å². The number of rotatable bonds is 6. The van der Waals surface area contributed by atoms with Crippen molar-refractivity contribution in [3.63, 3.8) is 0 Å². The molecule has 0 amide bonds. The Morgan fingerprint density at radius 3 is 2.81 bits per heavy atom. The predicted molar refractivity (Wildman–Crippen MR) is 103 cm³/mol. The first-order valence-electron chi connectivity index (χ1n) is 9.50. The lowest BCUT2D eigenvalue weighted by atomic mass is 9.98. The fourth-order valence-corrected chi connectivity index (χ4v) is 3.99. The predicted octanol–water partition coefficient (Wildman–Crippen LogP) is 4.36. The Hall–Kier alpha value is -2.40. The number of Topliss-reactive ketones (excluding diaryl/α,β-unsaturated/α-hetero) is 1. The molecule has 0 radical (unpaired) electrons. The third kappa shape index (κ3) is 2.97. The van der Waals surface area contributed by atoms with Gasteiger partial charge in [-0.25, -0.2) is 0 Å². The van der Waals surface area contributed by atoms with Gasteiger partial charge in [-0.15, -0.1) is 0 Å².